The van der Waals surface area contributed by atoms with Gasteiger partial charge in [-0.1, -0.05) is 0 Å². The first-order valence-corrected chi connectivity index (χ1v) is 9.27. The summed E-state index contributed by atoms with van der Waals surface area (Å²) in [6.45, 7) is 2.89. The maximum Gasteiger partial charge on any atom is 0.349 e. The zero-order valence-corrected chi connectivity index (χ0v) is 15.4. The van der Waals surface area contributed by atoms with Crippen molar-refractivity contribution in [2.24, 2.45) is 0 Å². The summed E-state index contributed by atoms with van der Waals surface area (Å²) in [5.74, 6) is -0.752. The van der Waals surface area contributed by atoms with E-state index in [1.165, 1.54) is 30.3 Å². The van der Waals surface area contributed by atoms with E-state index in [4.69, 9.17) is 14.4 Å². The lowest BCUT2D eigenvalue weighted by Crippen LogP contribution is -2.28. The minimum Gasteiger partial charge on any atom is -0.462 e. The molecule has 0 saturated carbocycles. The third kappa shape index (κ3) is 5.05. The molecule has 140 valence electrons. The lowest BCUT2D eigenvalue weighted by Gasteiger charge is -2.05. The summed E-state index contributed by atoms with van der Waals surface area (Å²) in [6.07, 6.45) is 1.26. The topological polar surface area (TPSA) is 126 Å². The average Bonchev–Trinajstić information content (AvgIpc) is 3.07. The summed E-state index contributed by atoms with van der Waals surface area (Å²) in [5.41, 5.74) is 0.376. The number of carbonyl (C=O) groups excluding carboxylic acids is 2. The summed E-state index contributed by atoms with van der Waals surface area (Å²) >= 11 is 0. The van der Waals surface area contributed by atoms with Gasteiger partial charge in [-0.25, -0.2) is 17.9 Å². The highest BCUT2D eigenvalue weighted by Crippen LogP contribution is 2.25. The lowest BCUT2D eigenvalue weighted by atomic mass is 10.2. The van der Waals surface area contributed by atoms with Gasteiger partial charge in [-0.2, -0.15) is 5.26 Å². The van der Waals surface area contributed by atoms with Gasteiger partial charge < -0.3 is 9.15 Å². The number of carbonyl (C=O) groups is 2. The molecule has 0 aliphatic rings. The molecule has 1 aromatic heterocycles. The Kier molecular flexibility index (Phi) is 6.15. The Labute approximate surface area is 156 Å². The van der Waals surface area contributed by atoms with Crippen molar-refractivity contribution in [3.63, 3.8) is 0 Å². The maximum absolute atomic E-state index is 11.9. The van der Waals surface area contributed by atoms with Crippen LogP contribution in [-0.4, -0.2) is 26.9 Å². The summed E-state index contributed by atoms with van der Waals surface area (Å²) < 4.78 is 36.1. The molecule has 2 aromatic rings. The number of benzene rings is 1. The number of furan rings is 1. The number of sulfonamides is 1. The van der Waals surface area contributed by atoms with Crippen LogP contribution in [0, 0.1) is 11.3 Å². The maximum atomic E-state index is 11.9. The molecule has 0 aliphatic heterocycles. The quantitative estimate of drug-likeness (QED) is 0.457. The van der Waals surface area contributed by atoms with Crippen LogP contribution in [0.1, 0.15) is 19.6 Å². The Bertz CT molecular complexity index is 1030. The summed E-state index contributed by atoms with van der Waals surface area (Å²) in [5, 5.41) is 9.03. The number of nitrogens with zero attached hydrogens (tertiary/aromatic N) is 1. The summed E-state index contributed by atoms with van der Waals surface area (Å²) in [4.78, 5) is 22.5. The lowest BCUT2D eigenvalue weighted by molar-refractivity contribution is -0.137. The van der Waals surface area contributed by atoms with Gasteiger partial charge in [0, 0.05) is 18.6 Å². The van der Waals surface area contributed by atoms with Gasteiger partial charge in [0.2, 0.25) is 5.91 Å². The van der Waals surface area contributed by atoms with Crippen LogP contribution in [0.25, 0.3) is 17.4 Å². The third-order valence-corrected chi connectivity index (χ3v) is 4.71. The van der Waals surface area contributed by atoms with Crippen LogP contribution in [-0.2, 0) is 24.3 Å². The molecular weight excluding hydrogens is 372 g/mol. The predicted molar refractivity (Wildman–Crippen MR) is 95.4 cm³/mol. The fourth-order valence-electron chi connectivity index (χ4n) is 2.12. The van der Waals surface area contributed by atoms with Crippen molar-refractivity contribution < 1.29 is 27.2 Å². The van der Waals surface area contributed by atoms with Gasteiger partial charge in [0.15, 0.2) is 0 Å². The normalized spacial score (nSPS) is 11.5. The monoisotopic (exact) mass is 388 g/mol. The van der Waals surface area contributed by atoms with E-state index in [2.05, 4.69) is 0 Å². The van der Waals surface area contributed by atoms with Crippen molar-refractivity contribution in [3.8, 4) is 17.4 Å². The van der Waals surface area contributed by atoms with Crippen LogP contribution in [0.3, 0.4) is 0 Å². The van der Waals surface area contributed by atoms with E-state index >= 15 is 0 Å². The van der Waals surface area contributed by atoms with E-state index in [0.29, 0.717) is 11.3 Å². The molecular formula is C18H16N2O6S. The van der Waals surface area contributed by atoms with Gasteiger partial charge in [-0.05, 0) is 43.3 Å². The molecule has 0 fully saturated rings. The number of rotatable bonds is 6. The highest BCUT2D eigenvalue weighted by Gasteiger charge is 2.16. The Hall–Kier alpha value is -3.38. The Balaban J connectivity index is 2.25. The first-order valence-electron chi connectivity index (χ1n) is 7.79. The minimum absolute atomic E-state index is 0.0674. The highest BCUT2D eigenvalue weighted by molar-refractivity contribution is 7.90. The second kappa shape index (κ2) is 8.33. The molecule has 1 amide bonds. The van der Waals surface area contributed by atoms with E-state index in [0.717, 1.165) is 6.92 Å². The molecule has 1 aromatic carbocycles. The van der Waals surface area contributed by atoms with Crippen LogP contribution in [0.4, 0.5) is 0 Å². The number of ether oxygens (including phenoxy) is 1. The highest BCUT2D eigenvalue weighted by atomic mass is 32.2. The van der Waals surface area contributed by atoms with Gasteiger partial charge in [0.25, 0.3) is 10.0 Å². The van der Waals surface area contributed by atoms with Crippen LogP contribution in [0.15, 0.2) is 51.3 Å². The Morgan fingerprint density at radius 2 is 1.89 bits per heavy atom. The smallest absolute Gasteiger partial charge is 0.349 e. The molecule has 0 unspecified atom stereocenters. The molecule has 9 heteroatoms. The van der Waals surface area contributed by atoms with Crippen molar-refractivity contribution in [2.75, 3.05) is 6.61 Å². The third-order valence-electron chi connectivity index (χ3n) is 3.26. The van der Waals surface area contributed by atoms with Crippen molar-refractivity contribution >= 4 is 28.0 Å². The molecule has 0 atom stereocenters. The number of nitrogens with one attached hydrogen (secondary N) is 1. The number of hydrogen-bond donors (Lipinski definition) is 1. The average molecular weight is 388 g/mol. The van der Waals surface area contributed by atoms with Gasteiger partial charge in [-0.3, -0.25) is 4.79 Å². The molecule has 0 spiro atoms. The van der Waals surface area contributed by atoms with Crippen molar-refractivity contribution in [3.05, 3.63) is 47.7 Å². The largest absolute Gasteiger partial charge is 0.462 e. The van der Waals surface area contributed by atoms with E-state index < -0.39 is 21.9 Å². The van der Waals surface area contributed by atoms with E-state index in [1.807, 2.05) is 4.72 Å². The Morgan fingerprint density at radius 1 is 1.22 bits per heavy atom. The van der Waals surface area contributed by atoms with Crippen LogP contribution in [0.2, 0.25) is 0 Å². The number of hydrogen-bond acceptors (Lipinski definition) is 7. The van der Waals surface area contributed by atoms with Crippen LogP contribution < -0.4 is 4.72 Å². The van der Waals surface area contributed by atoms with Crippen LogP contribution in [0.5, 0.6) is 0 Å². The molecule has 0 bridgehead atoms. The molecule has 1 N–H and O–H groups in total. The summed E-state index contributed by atoms with van der Waals surface area (Å²) in [6, 6.07) is 10.6. The van der Waals surface area contributed by atoms with Crippen molar-refractivity contribution in [2.45, 2.75) is 18.7 Å². The van der Waals surface area contributed by atoms with Gasteiger partial charge in [0.1, 0.15) is 23.2 Å². The second-order valence-electron chi connectivity index (χ2n) is 5.28. The number of amides is 1. The first kappa shape index (κ1) is 19.9. The zero-order valence-electron chi connectivity index (χ0n) is 14.6. The molecule has 0 radical (unpaired) electrons. The Morgan fingerprint density at radius 3 is 2.44 bits per heavy atom. The first-order chi connectivity index (χ1) is 12.8. The van der Waals surface area contributed by atoms with E-state index in [9.17, 15) is 18.0 Å². The number of nitriles is 1. The summed E-state index contributed by atoms with van der Waals surface area (Å²) in [7, 11) is -3.91. The van der Waals surface area contributed by atoms with Crippen molar-refractivity contribution in [1.82, 2.24) is 4.72 Å². The van der Waals surface area contributed by atoms with Crippen molar-refractivity contribution in [1.29, 1.82) is 5.26 Å². The van der Waals surface area contributed by atoms with Gasteiger partial charge in [0.05, 0.1) is 11.5 Å². The van der Waals surface area contributed by atoms with E-state index in [-0.39, 0.29) is 22.8 Å². The minimum atomic E-state index is -3.91. The second-order valence-corrected chi connectivity index (χ2v) is 6.96. The van der Waals surface area contributed by atoms with Crippen LogP contribution >= 0.6 is 0 Å². The molecule has 27 heavy (non-hydrogen) atoms. The number of esters is 1. The fraction of sp³-hybridized carbons (Fsp3) is 0.167. The fourth-order valence-corrected chi connectivity index (χ4v) is 3.11. The molecule has 2 rings (SSSR count). The van der Waals surface area contributed by atoms with Gasteiger partial charge >= 0.3 is 5.97 Å². The standard InChI is InChI=1S/C18H16N2O6S/c1-3-25-18(22)14(11-19)10-15-6-9-17(26-15)13-4-7-16(8-5-13)27(23,24)20-12(2)21/h4-10H,3H2,1-2H3,(H,20,21). The predicted octanol–water partition coefficient (Wildman–Crippen LogP) is 2.24. The zero-order chi connectivity index (χ0) is 20.0. The molecule has 0 aliphatic carbocycles. The van der Waals surface area contributed by atoms with E-state index in [1.54, 1.807) is 25.1 Å². The van der Waals surface area contributed by atoms with Gasteiger partial charge in [-0.15, -0.1) is 0 Å². The SMILES string of the molecule is CCOC(=O)C(C#N)=Cc1ccc(-c2ccc(S(=O)(=O)NC(C)=O)cc2)o1. The molecule has 1 heterocycles. The molecule has 0 saturated heterocycles. The molecule has 8 nitrogen and oxygen atoms in total.